The molecule has 1 fully saturated rings. The summed E-state index contributed by atoms with van der Waals surface area (Å²) in [5.41, 5.74) is 8.27. The SMILES string of the molecule is CC.CC(N)C(=O)N1CCCC(C(=O)OCC(Cl)(Cl)Cl)N1. The number of hydrazine groups is 1. The molecule has 0 bridgehead atoms. The van der Waals surface area contributed by atoms with Crippen molar-refractivity contribution in [1.82, 2.24) is 10.4 Å². The number of nitrogens with two attached hydrogens (primary N) is 1. The van der Waals surface area contributed by atoms with Crippen LogP contribution in [-0.2, 0) is 14.3 Å². The van der Waals surface area contributed by atoms with Crippen LogP contribution in [0.2, 0.25) is 0 Å². The molecule has 1 saturated heterocycles. The van der Waals surface area contributed by atoms with Gasteiger partial charge < -0.3 is 10.5 Å². The summed E-state index contributed by atoms with van der Waals surface area (Å²) in [7, 11) is 0. The van der Waals surface area contributed by atoms with Gasteiger partial charge in [0.15, 0.2) is 0 Å². The third kappa shape index (κ3) is 8.07. The highest BCUT2D eigenvalue weighted by Crippen LogP contribution is 2.26. The molecule has 2 atom stereocenters. The van der Waals surface area contributed by atoms with Crippen molar-refractivity contribution in [3.05, 3.63) is 0 Å². The van der Waals surface area contributed by atoms with E-state index in [0.29, 0.717) is 19.4 Å². The molecule has 0 radical (unpaired) electrons. The summed E-state index contributed by atoms with van der Waals surface area (Å²) in [6.45, 7) is 5.74. The first-order valence-electron chi connectivity index (χ1n) is 6.77. The van der Waals surface area contributed by atoms with Gasteiger partial charge in [-0.3, -0.25) is 14.6 Å². The maximum atomic E-state index is 11.8. The lowest BCUT2D eigenvalue weighted by Crippen LogP contribution is -2.58. The van der Waals surface area contributed by atoms with Crippen LogP contribution in [0.5, 0.6) is 0 Å². The van der Waals surface area contributed by atoms with Crippen molar-refractivity contribution >= 4 is 46.7 Å². The Morgan fingerprint density at radius 1 is 1.43 bits per heavy atom. The van der Waals surface area contributed by atoms with Gasteiger partial charge in [-0.25, -0.2) is 5.43 Å². The van der Waals surface area contributed by atoms with Crippen LogP contribution >= 0.6 is 34.8 Å². The van der Waals surface area contributed by atoms with Gasteiger partial charge in [0.1, 0.15) is 12.6 Å². The molecule has 9 heteroatoms. The van der Waals surface area contributed by atoms with Crippen LogP contribution < -0.4 is 11.2 Å². The Labute approximate surface area is 140 Å². The van der Waals surface area contributed by atoms with Gasteiger partial charge >= 0.3 is 5.97 Å². The van der Waals surface area contributed by atoms with Crippen LogP contribution in [0.4, 0.5) is 0 Å². The van der Waals surface area contributed by atoms with Crippen molar-refractivity contribution in [2.75, 3.05) is 13.2 Å². The van der Waals surface area contributed by atoms with Crippen LogP contribution in [-0.4, -0.2) is 45.9 Å². The molecule has 0 aromatic carbocycles. The number of nitrogens with zero attached hydrogens (tertiary/aromatic N) is 1. The fraction of sp³-hybridized carbons (Fsp3) is 0.833. The monoisotopic (exact) mass is 361 g/mol. The van der Waals surface area contributed by atoms with E-state index < -0.39 is 21.8 Å². The first kappa shape index (κ1) is 20.7. The lowest BCUT2D eigenvalue weighted by molar-refractivity contribution is -0.152. The smallest absolute Gasteiger partial charge is 0.325 e. The normalized spacial score (nSPS) is 20.1. The second-order valence-corrected chi connectivity index (χ2v) is 6.84. The van der Waals surface area contributed by atoms with E-state index in [9.17, 15) is 9.59 Å². The molecule has 1 aliphatic rings. The average molecular weight is 363 g/mol. The molecular weight excluding hydrogens is 341 g/mol. The Morgan fingerprint density at radius 2 is 2.00 bits per heavy atom. The quantitative estimate of drug-likeness (QED) is 0.590. The molecule has 0 aromatic rings. The number of alkyl halides is 3. The number of carbonyl (C=O) groups is 2. The largest absolute Gasteiger partial charge is 0.460 e. The molecule has 0 spiro atoms. The summed E-state index contributed by atoms with van der Waals surface area (Å²) < 4.78 is 3.22. The minimum Gasteiger partial charge on any atom is -0.460 e. The fourth-order valence-corrected chi connectivity index (χ4v) is 1.78. The maximum absolute atomic E-state index is 11.8. The Kier molecular flexibility index (Phi) is 9.56. The lowest BCUT2D eigenvalue weighted by Gasteiger charge is -2.33. The highest BCUT2D eigenvalue weighted by molar-refractivity contribution is 6.67. The average Bonchev–Trinajstić information content (AvgIpc) is 2.45. The third-order valence-corrected chi connectivity index (χ3v) is 2.83. The minimum absolute atomic E-state index is 0.279. The molecule has 0 aromatic heterocycles. The molecule has 1 rings (SSSR count). The molecule has 124 valence electrons. The number of hydrogen-bond acceptors (Lipinski definition) is 5. The van der Waals surface area contributed by atoms with Crippen LogP contribution in [0.1, 0.15) is 33.6 Å². The summed E-state index contributed by atoms with van der Waals surface area (Å²) in [4.78, 5) is 23.5. The van der Waals surface area contributed by atoms with Crippen molar-refractivity contribution in [1.29, 1.82) is 0 Å². The number of hydrogen-bond donors (Lipinski definition) is 2. The summed E-state index contributed by atoms with van der Waals surface area (Å²) in [5.74, 6) is -0.840. The highest BCUT2D eigenvalue weighted by atomic mass is 35.6. The first-order valence-corrected chi connectivity index (χ1v) is 7.90. The van der Waals surface area contributed by atoms with Crippen LogP contribution in [0.15, 0.2) is 0 Å². The zero-order valence-corrected chi connectivity index (χ0v) is 14.6. The molecule has 1 heterocycles. The summed E-state index contributed by atoms with van der Waals surface area (Å²) >= 11 is 16.5. The van der Waals surface area contributed by atoms with Gasteiger partial charge in [-0.15, -0.1) is 0 Å². The molecule has 3 N–H and O–H groups in total. The topological polar surface area (TPSA) is 84.7 Å². The predicted molar refractivity (Wildman–Crippen MR) is 84.1 cm³/mol. The van der Waals surface area contributed by atoms with Crippen molar-refractivity contribution in [3.63, 3.8) is 0 Å². The molecule has 0 aliphatic carbocycles. The van der Waals surface area contributed by atoms with Gasteiger partial charge in [-0.2, -0.15) is 0 Å². The van der Waals surface area contributed by atoms with Gasteiger partial charge in [0.2, 0.25) is 3.79 Å². The molecule has 2 unspecified atom stereocenters. The number of amides is 1. The van der Waals surface area contributed by atoms with E-state index in [0.717, 1.165) is 0 Å². The zero-order valence-electron chi connectivity index (χ0n) is 12.4. The van der Waals surface area contributed by atoms with Crippen LogP contribution in [0.25, 0.3) is 0 Å². The van der Waals surface area contributed by atoms with Crippen molar-refractivity contribution in [2.45, 2.75) is 49.5 Å². The Morgan fingerprint density at radius 3 is 2.48 bits per heavy atom. The number of carbonyl (C=O) groups excluding carboxylic acids is 2. The predicted octanol–water partition coefficient (Wildman–Crippen LogP) is 1.77. The van der Waals surface area contributed by atoms with E-state index in [-0.39, 0.29) is 12.5 Å². The Hall–Kier alpha value is -0.270. The Balaban J connectivity index is 0.00000191. The second-order valence-electron chi connectivity index (χ2n) is 4.33. The van der Waals surface area contributed by atoms with Crippen molar-refractivity contribution in [3.8, 4) is 0 Å². The zero-order chi connectivity index (χ0) is 16.6. The van der Waals surface area contributed by atoms with E-state index >= 15 is 0 Å². The van der Waals surface area contributed by atoms with Crippen molar-refractivity contribution in [2.24, 2.45) is 5.73 Å². The van der Waals surface area contributed by atoms with Crippen LogP contribution in [0.3, 0.4) is 0 Å². The van der Waals surface area contributed by atoms with E-state index in [1.807, 2.05) is 13.8 Å². The number of ether oxygens (including phenoxy) is 1. The minimum atomic E-state index is -1.65. The molecular formula is C12H22Cl3N3O3. The van der Waals surface area contributed by atoms with Gasteiger partial charge in [-0.1, -0.05) is 48.7 Å². The number of halogens is 3. The molecule has 1 amide bonds. The second kappa shape index (κ2) is 9.69. The molecule has 1 aliphatic heterocycles. The molecule has 0 saturated carbocycles. The van der Waals surface area contributed by atoms with Gasteiger partial charge in [0, 0.05) is 6.54 Å². The van der Waals surface area contributed by atoms with E-state index in [4.69, 9.17) is 45.3 Å². The summed E-state index contributed by atoms with van der Waals surface area (Å²) in [6, 6.07) is -1.27. The summed E-state index contributed by atoms with van der Waals surface area (Å²) in [6.07, 6.45) is 1.21. The van der Waals surface area contributed by atoms with E-state index in [1.165, 1.54) is 5.01 Å². The van der Waals surface area contributed by atoms with Gasteiger partial charge in [0.25, 0.3) is 5.91 Å². The fourth-order valence-electron chi connectivity index (χ4n) is 1.61. The van der Waals surface area contributed by atoms with Crippen molar-refractivity contribution < 1.29 is 14.3 Å². The highest BCUT2D eigenvalue weighted by Gasteiger charge is 2.31. The number of esters is 1. The maximum Gasteiger partial charge on any atom is 0.325 e. The number of rotatable bonds is 3. The van der Waals surface area contributed by atoms with Gasteiger partial charge in [-0.05, 0) is 19.8 Å². The number of nitrogens with one attached hydrogen (secondary N) is 1. The van der Waals surface area contributed by atoms with E-state index in [1.54, 1.807) is 6.92 Å². The standard InChI is InChI=1S/C10H16Cl3N3O3.C2H6/c1-6(14)8(17)16-4-2-3-7(15-16)9(18)19-5-10(11,12)13;1-2/h6-7,15H,2-5,14H2,1H3;1-2H3. The van der Waals surface area contributed by atoms with Gasteiger partial charge in [0.05, 0.1) is 6.04 Å². The van der Waals surface area contributed by atoms with E-state index in [2.05, 4.69) is 5.43 Å². The summed E-state index contributed by atoms with van der Waals surface area (Å²) in [5, 5.41) is 1.33. The third-order valence-electron chi connectivity index (χ3n) is 2.50. The lowest BCUT2D eigenvalue weighted by atomic mass is 10.1. The Bertz CT molecular complexity index is 348. The molecule has 21 heavy (non-hydrogen) atoms. The van der Waals surface area contributed by atoms with Crippen LogP contribution in [0, 0.1) is 0 Å². The molecule has 6 nitrogen and oxygen atoms in total. The first-order chi connectivity index (χ1) is 9.70.